The largest absolute Gasteiger partial charge is 0.493 e. The standard InChI is InChI=1S/C27H32O6/c1-16(2)14-23(27(26(29)30)12-5-13-27)33-24-20(9-11-22(31-3)25(24)32-4)18-6-8-19-17(15-18)7-10-21(19)28/h6,8-9,11,15-16,23H,5,7,10,12-14H2,1-4H3,(H,29,30). The zero-order valence-electron chi connectivity index (χ0n) is 19.8. The second kappa shape index (κ2) is 9.08. The third-order valence-corrected chi connectivity index (χ3v) is 7.07. The van der Waals surface area contributed by atoms with Crippen molar-refractivity contribution in [3.05, 3.63) is 41.5 Å². The summed E-state index contributed by atoms with van der Waals surface area (Å²) >= 11 is 0. The first-order valence-corrected chi connectivity index (χ1v) is 11.6. The Hall–Kier alpha value is -3.02. The molecular weight excluding hydrogens is 420 g/mol. The molecule has 33 heavy (non-hydrogen) atoms. The molecule has 2 aromatic carbocycles. The number of aryl methyl sites for hydroxylation is 1. The third-order valence-electron chi connectivity index (χ3n) is 7.07. The zero-order chi connectivity index (χ0) is 23.8. The minimum Gasteiger partial charge on any atom is -0.493 e. The van der Waals surface area contributed by atoms with Crippen molar-refractivity contribution in [2.45, 2.75) is 58.5 Å². The van der Waals surface area contributed by atoms with E-state index < -0.39 is 17.5 Å². The maximum atomic E-state index is 12.3. The van der Waals surface area contributed by atoms with Crippen molar-refractivity contribution in [2.24, 2.45) is 11.3 Å². The first-order chi connectivity index (χ1) is 15.8. The summed E-state index contributed by atoms with van der Waals surface area (Å²) in [5.41, 5.74) is 2.60. The van der Waals surface area contributed by atoms with Crippen LogP contribution in [0.3, 0.4) is 0 Å². The average molecular weight is 453 g/mol. The maximum Gasteiger partial charge on any atom is 0.313 e. The van der Waals surface area contributed by atoms with Crippen molar-refractivity contribution >= 4 is 11.8 Å². The number of benzene rings is 2. The molecule has 0 saturated heterocycles. The topological polar surface area (TPSA) is 82.1 Å². The molecule has 1 fully saturated rings. The molecule has 0 aromatic heterocycles. The summed E-state index contributed by atoms with van der Waals surface area (Å²) in [5.74, 6) is 1.08. The lowest BCUT2D eigenvalue weighted by molar-refractivity contribution is -0.164. The van der Waals surface area contributed by atoms with Crippen LogP contribution in [0.1, 0.15) is 61.9 Å². The summed E-state index contributed by atoms with van der Waals surface area (Å²) in [6.45, 7) is 4.15. The van der Waals surface area contributed by atoms with E-state index in [1.807, 2.05) is 30.3 Å². The molecule has 2 aliphatic rings. The van der Waals surface area contributed by atoms with Crippen molar-refractivity contribution in [1.29, 1.82) is 0 Å². The second-order valence-corrected chi connectivity index (χ2v) is 9.52. The first-order valence-electron chi connectivity index (χ1n) is 11.6. The van der Waals surface area contributed by atoms with E-state index in [2.05, 4.69) is 13.8 Å². The monoisotopic (exact) mass is 452 g/mol. The van der Waals surface area contributed by atoms with E-state index in [9.17, 15) is 14.7 Å². The number of carbonyl (C=O) groups is 2. The second-order valence-electron chi connectivity index (χ2n) is 9.52. The fourth-order valence-electron chi connectivity index (χ4n) is 5.05. The number of carboxylic acid groups (broad SMARTS) is 1. The van der Waals surface area contributed by atoms with Crippen LogP contribution in [0.25, 0.3) is 11.1 Å². The van der Waals surface area contributed by atoms with Gasteiger partial charge in [0.05, 0.1) is 14.2 Å². The molecule has 6 nitrogen and oxygen atoms in total. The van der Waals surface area contributed by atoms with Crippen LogP contribution >= 0.6 is 0 Å². The van der Waals surface area contributed by atoms with Gasteiger partial charge in [-0.05, 0) is 54.9 Å². The van der Waals surface area contributed by atoms with E-state index >= 15 is 0 Å². The van der Waals surface area contributed by atoms with Crippen LogP contribution in [-0.2, 0) is 11.2 Å². The number of carboxylic acids is 1. The molecule has 1 saturated carbocycles. The fraction of sp³-hybridized carbons (Fsp3) is 0.481. The van der Waals surface area contributed by atoms with E-state index in [-0.39, 0.29) is 11.7 Å². The summed E-state index contributed by atoms with van der Waals surface area (Å²) < 4.78 is 17.9. The van der Waals surface area contributed by atoms with Gasteiger partial charge in [-0.2, -0.15) is 0 Å². The van der Waals surface area contributed by atoms with Gasteiger partial charge in [0.1, 0.15) is 11.5 Å². The smallest absolute Gasteiger partial charge is 0.313 e. The SMILES string of the molecule is COc1ccc(-c2ccc3c(c2)CCC3=O)c(OC(CC(C)C)C2(C(=O)O)CCC2)c1OC. The maximum absolute atomic E-state index is 12.3. The van der Waals surface area contributed by atoms with Crippen LogP contribution in [0.5, 0.6) is 17.2 Å². The van der Waals surface area contributed by atoms with Crippen LogP contribution in [0.2, 0.25) is 0 Å². The number of Topliss-reactive ketones (excluding diaryl/α,β-unsaturated/α-hetero) is 1. The number of methoxy groups -OCH3 is 2. The van der Waals surface area contributed by atoms with Crippen LogP contribution < -0.4 is 14.2 Å². The molecule has 2 aliphatic carbocycles. The van der Waals surface area contributed by atoms with Gasteiger partial charge in [-0.15, -0.1) is 0 Å². The predicted octanol–water partition coefficient (Wildman–Crippen LogP) is 5.55. The Morgan fingerprint density at radius 1 is 1.03 bits per heavy atom. The summed E-state index contributed by atoms with van der Waals surface area (Å²) in [7, 11) is 3.13. The molecule has 1 unspecified atom stereocenters. The molecule has 176 valence electrons. The first kappa shape index (κ1) is 23.1. The molecule has 4 rings (SSSR count). The van der Waals surface area contributed by atoms with Gasteiger partial charge in [0.25, 0.3) is 0 Å². The minimum atomic E-state index is -0.903. The molecule has 0 aliphatic heterocycles. The van der Waals surface area contributed by atoms with Crippen LogP contribution in [0.4, 0.5) is 0 Å². The third kappa shape index (κ3) is 4.07. The van der Waals surface area contributed by atoms with Gasteiger partial charge in [-0.25, -0.2) is 0 Å². The predicted molar refractivity (Wildman–Crippen MR) is 125 cm³/mol. The Morgan fingerprint density at radius 3 is 2.33 bits per heavy atom. The lowest BCUT2D eigenvalue weighted by Crippen LogP contribution is -2.51. The number of aliphatic carboxylic acids is 1. The van der Waals surface area contributed by atoms with Gasteiger partial charge in [0.2, 0.25) is 5.75 Å². The average Bonchev–Trinajstić information content (AvgIpc) is 3.11. The quantitative estimate of drug-likeness (QED) is 0.537. The van der Waals surface area contributed by atoms with E-state index in [1.54, 1.807) is 14.2 Å². The van der Waals surface area contributed by atoms with Crippen molar-refractivity contribution in [3.63, 3.8) is 0 Å². The van der Waals surface area contributed by atoms with E-state index in [0.717, 1.165) is 35.1 Å². The number of hydrogen-bond acceptors (Lipinski definition) is 5. The van der Waals surface area contributed by atoms with Crippen molar-refractivity contribution in [1.82, 2.24) is 0 Å². The lowest BCUT2D eigenvalue weighted by atomic mass is 9.63. The van der Waals surface area contributed by atoms with Crippen LogP contribution in [0, 0.1) is 11.3 Å². The molecule has 1 atom stereocenters. The number of ether oxygens (including phenoxy) is 3. The molecule has 0 amide bonds. The summed E-state index contributed by atoms with van der Waals surface area (Å²) in [6, 6.07) is 9.56. The summed E-state index contributed by atoms with van der Waals surface area (Å²) in [6.07, 6.45) is 3.45. The van der Waals surface area contributed by atoms with Gasteiger partial charge in [0.15, 0.2) is 17.3 Å². The molecular formula is C27H32O6. The van der Waals surface area contributed by atoms with Gasteiger partial charge in [0, 0.05) is 17.5 Å². The van der Waals surface area contributed by atoms with Crippen molar-refractivity contribution < 1.29 is 28.9 Å². The van der Waals surface area contributed by atoms with Gasteiger partial charge in [-0.3, -0.25) is 9.59 Å². The van der Waals surface area contributed by atoms with Gasteiger partial charge >= 0.3 is 5.97 Å². The number of rotatable bonds is 9. The lowest BCUT2D eigenvalue weighted by Gasteiger charge is -2.44. The fourth-order valence-corrected chi connectivity index (χ4v) is 5.05. The molecule has 0 heterocycles. The Morgan fingerprint density at radius 2 is 1.76 bits per heavy atom. The normalized spacial score (nSPS) is 17.3. The summed E-state index contributed by atoms with van der Waals surface area (Å²) in [5, 5.41) is 10.1. The summed E-state index contributed by atoms with van der Waals surface area (Å²) in [4.78, 5) is 24.4. The highest BCUT2D eigenvalue weighted by molar-refractivity contribution is 6.01. The molecule has 0 spiro atoms. The highest BCUT2D eigenvalue weighted by atomic mass is 16.5. The van der Waals surface area contributed by atoms with Crippen molar-refractivity contribution in [3.8, 4) is 28.4 Å². The van der Waals surface area contributed by atoms with Crippen molar-refractivity contribution in [2.75, 3.05) is 14.2 Å². The number of ketones is 1. The highest BCUT2D eigenvalue weighted by Gasteiger charge is 2.52. The Kier molecular flexibility index (Phi) is 6.37. The van der Waals surface area contributed by atoms with Gasteiger partial charge < -0.3 is 19.3 Å². The zero-order valence-corrected chi connectivity index (χ0v) is 19.8. The number of hydrogen-bond donors (Lipinski definition) is 1. The molecule has 6 heteroatoms. The van der Waals surface area contributed by atoms with E-state index in [4.69, 9.17) is 14.2 Å². The Bertz CT molecular complexity index is 1070. The molecule has 0 bridgehead atoms. The molecule has 1 N–H and O–H groups in total. The number of fused-ring (bicyclic) bond motifs is 1. The minimum absolute atomic E-state index is 0.172. The van der Waals surface area contributed by atoms with Gasteiger partial charge in [-0.1, -0.05) is 38.5 Å². The molecule has 0 radical (unpaired) electrons. The highest BCUT2D eigenvalue weighted by Crippen LogP contribution is 2.51. The Labute approximate surface area is 194 Å². The Balaban J connectivity index is 1.83. The van der Waals surface area contributed by atoms with E-state index in [0.29, 0.717) is 42.9 Å². The molecule has 2 aromatic rings. The number of carbonyl (C=O) groups excluding carboxylic acids is 1. The van der Waals surface area contributed by atoms with Crippen LogP contribution in [0.15, 0.2) is 30.3 Å². The van der Waals surface area contributed by atoms with E-state index in [1.165, 1.54) is 0 Å². The van der Waals surface area contributed by atoms with Crippen LogP contribution in [-0.4, -0.2) is 37.2 Å².